The molecule has 1 heterocycles. The van der Waals surface area contributed by atoms with Crippen molar-refractivity contribution in [1.29, 1.82) is 0 Å². The zero-order chi connectivity index (χ0) is 28.1. The van der Waals surface area contributed by atoms with E-state index in [1.54, 1.807) is 0 Å². The minimum Gasteiger partial charge on any atom is -0.481 e. The summed E-state index contributed by atoms with van der Waals surface area (Å²) in [5.41, 5.74) is -3.80. The number of benzene rings is 1. The second-order valence-electron chi connectivity index (χ2n) is 5.18. The molecule has 0 saturated carbocycles. The van der Waals surface area contributed by atoms with Crippen molar-refractivity contribution in [3.63, 3.8) is 0 Å². The van der Waals surface area contributed by atoms with Crippen LogP contribution in [-0.4, -0.2) is 31.7 Å². The van der Waals surface area contributed by atoms with E-state index in [1.165, 1.54) is 6.33 Å². The molecule has 7 heteroatoms. The van der Waals surface area contributed by atoms with Crippen LogP contribution in [0.25, 0.3) is 0 Å². The fraction of sp³-hybridized carbons (Fsp3) is 0.412. The first kappa shape index (κ1) is 7.46. The van der Waals surface area contributed by atoms with Gasteiger partial charge in [-0.1, -0.05) is 18.2 Å². The lowest BCUT2D eigenvalue weighted by Crippen LogP contribution is -2.36. The van der Waals surface area contributed by atoms with Gasteiger partial charge in [0.2, 0.25) is 5.91 Å². The van der Waals surface area contributed by atoms with Crippen molar-refractivity contribution >= 4 is 11.9 Å². The summed E-state index contributed by atoms with van der Waals surface area (Å²) < 4.78 is 95.5. The Kier molecular flexibility index (Phi) is 1.89. The monoisotopic (exact) mass is 342 g/mol. The minimum absolute atomic E-state index is 0.161. The molecule has 128 valence electrons. The van der Waals surface area contributed by atoms with Crippen molar-refractivity contribution in [2.75, 3.05) is 0 Å². The van der Waals surface area contributed by atoms with E-state index in [2.05, 4.69) is 10.1 Å². The number of aliphatic carboxylic acids is 1. The maximum Gasteiger partial charge on any atom is 0.313 e. The SMILES string of the molecule is [2H]C([2H])([2H])C(C(N)=O)(c1cc(Cn2cncn2)cc(C(C(=O)O)(C([2H])([2H])[2H])C([2H])([2H])[2H])c1)C([2H])([2H])[2H]. The zero-order valence-corrected chi connectivity index (χ0v) is 12.3. The summed E-state index contributed by atoms with van der Waals surface area (Å²) in [6, 6.07) is 2.25. The number of primary amides is 1. The lowest BCUT2D eigenvalue weighted by atomic mass is 9.77. The van der Waals surface area contributed by atoms with Crippen LogP contribution in [0.3, 0.4) is 0 Å². The van der Waals surface area contributed by atoms with Gasteiger partial charge in [0.05, 0.1) is 17.4 Å². The number of carboxylic acid groups (broad SMARTS) is 1. The lowest BCUT2D eigenvalue weighted by molar-refractivity contribution is -0.142. The Morgan fingerprint density at radius 2 is 1.83 bits per heavy atom. The molecule has 7 nitrogen and oxygen atoms in total. The van der Waals surface area contributed by atoms with E-state index < -0.39 is 61.2 Å². The molecule has 2 rings (SSSR count). The van der Waals surface area contributed by atoms with Gasteiger partial charge in [0.25, 0.3) is 0 Å². The van der Waals surface area contributed by atoms with E-state index in [1.807, 2.05) is 0 Å². The van der Waals surface area contributed by atoms with Crippen molar-refractivity contribution in [1.82, 2.24) is 14.8 Å². The number of hydrogen-bond acceptors (Lipinski definition) is 4. The van der Waals surface area contributed by atoms with E-state index in [0.717, 1.165) is 23.1 Å². The van der Waals surface area contributed by atoms with Crippen LogP contribution in [0.5, 0.6) is 0 Å². The molecule has 0 saturated heterocycles. The number of hydrogen-bond donors (Lipinski definition) is 2. The molecule has 0 unspecified atom stereocenters. The molecule has 24 heavy (non-hydrogen) atoms. The first-order valence-electron chi connectivity index (χ1n) is 12.6. The van der Waals surface area contributed by atoms with Gasteiger partial charge in [-0.2, -0.15) is 5.10 Å². The van der Waals surface area contributed by atoms with Crippen LogP contribution in [0.15, 0.2) is 30.9 Å². The van der Waals surface area contributed by atoms with Gasteiger partial charge in [-0.15, -0.1) is 0 Å². The van der Waals surface area contributed by atoms with Gasteiger partial charge < -0.3 is 10.8 Å². The Bertz CT molecular complexity index is 1040. The molecule has 3 N–H and O–H groups in total. The van der Waals surface area contributed by atoms with Crippen LogP contribution in [0.2, 0.25) is 0 Å². The summed E-state index contributed by atoms with van der Waals surface area (Å²) in [4.78, 5) is 28.6. The molecule has 2 aromatic rings. The van der Waals surface area contributed by atoms with Gasteiger partial charge in [0.15, 0.2) is 0 Å². The summed E-state index contributed by atoms with van der Waals surface area (Å²) in [6.07, 6.45) is 2.29. The third kappa shape index (κ3) is 3.29. The zero-order valence-electron chi connectivity index (χ0n) is 24.3. The molecule has 0 aliphatic rings. The van der Waals surface area contributed by atoms with E-state index in [0.29, 0.717) is 6.07 Å². The lowest BCUT2D eigenvalue weighted by Gasteiger charge is -2.26. The Morgan fingerprint density at radius 3 is 2.29 bits per heavy atom. The molecular formula is C17H22N4O3. The second-order valence-corrected chi connectivity index (χ2v) is 5.18. The number of amides is 1. The number of aromatic nitrogens is 3. The molecule has 0 aliphatic heterocycles. The molecule has 0 atom stereocenters. The third-order valence-electron chi connectivity index (χ3n) is 3.36. The first-order valence-corrected chi connectivity index (χ1v) is 6.56. The minimum atomic E-state index is -3.75. The van der Waals surface area contributed by atoms with Gasteiger partial charge in [0, 0.05) is 16.4 Å². The van der Waals surface area contributed by atoms with Gasteiger partial charge in [-0.25, -0.2) is 9.67 Å². The van der Waals surface area contributed by atoms with Crippen LogP contribution in [0.1, 0.15) is 60.5 Å². The molecule has 0 fully saturated rings. The Balaban J connectivity index is 3.17. The van der Waals surface area contributed by atoms with Crippen molar-refractivity contribution < 1.29 is 31.1 Å². The largest absolute Gasteiger partial charge is 0.481 e. The third-order valence-corrected chi connectivity index (χ3v) is 3.36. The topological polar surface area (TPSA) is 111 Å². The number of carbonyl (C=O) groups excluding carboxylic acids is 1. The Morgan fingerprint density at radius 1 is 1.21 bits per heavy atom. The first-order chi connectivity index (χ1) is 16.0. The molecule has 1 aromatic heterocycles. The summed E-state index contributed by atoms with van der Waals surface area (Å²) in [6.45, 7) is -15.2. The maximum absolute atomic E-state index is 12.6. The van der Waals surface area contributed by atoms with Crippen molar-refractivity contribution in [2.24, 2.45) is 5.73 Å². The highest BCUT2D eigenvalue weighted by Crippen LogP contribution is 2.31. The number of nitrogens with two attached hydrogens (primary N) is 1. The van der Waals surface area contributed by atoms with Crippen LogP contribution in [0.4, 0.5) is 0 Å². The molecule has 0 bridgehead atoms. The predicted octanol–water partition coefficient (Wildman–Crippen LogP) is 1.45. The number of nitrogens with zero attached hydrogens (tertiary/aromatic N) is 3. The number of carbonyl (C=O) groups is 2. The highest BCUT2D eigenvalue weighted by molar-refractivity contribution is 5.86. The summed E-state index contributed by atoms with van der Waals surface area (Å²) in [7, 11) is 0. The molecule has 1 aromatic carbocycles. The molecular weight excluding hydrogens is 308 g/mol. The van der Waals surface area contributed by atoms with Crippen molar-refractivity contribution in [3.8, 4) is 0 Å². The summed E-state index contributed by atoms with van der Waals surface area (Å²) in [5.74, 6) is -4.14. The number of rotatable bonds is 6. The van der Waals surface area contributed by atoms with Crippen LogP contribution in [0, 0.1) is 0 Å². The summed E-state index contributed by atoms with van der Waals surface area (Å²) in [5, 5.41) is 13.8. The molecule has 0 radical (unpaired) electrons. The van der Waals surface area contributed by atoms with Gasteiger partial charge in [-0.3, -0.25) is 9.59 Å². The summed E-state index contributed by atoms with van der Waals surface area (Å²) >= 11 is 0. The molecule has 0 aliphatic carbocycles. The van der Waals surface area contributed by atoms with E-state index >= 15 is 0 Å². The Hall–Kier alpha value is -2.70. The Labute approximate surface area is 157 Å². The highest BCUT2D eigenvalue weighted by Gasteiger charge is 2.33. The van der Waals surface area contributed by atoms with Crippen molar-refractivity contribution in [2.45, 2.75) is 44.8 Å². The average Bonchev–Trinajstić information content (AvgIpc) is 3.09. The van der Waals surface area contributed by atoms with Crippen LogP contribution < -0.4 is 5.73 Å². The van der Waals surface area contributed by atoms with Crippen molar-refractivity contribution in [3.05, 3.63) is 47.5 Å². The maximum atomic E-state index is 12.6. The van der Waals surface area contributed by atoms with E-state index in [4.69, 9.17) is 22.2 Å². The molecule has 1 amide bonds. The fourth-order valence-corrected chi connectivity index (χ4v) is 1.98. The normalized spacial score (nSPS) is 21.7. The fourth-order valence-electron chi connectivity index (χ4n) is 1.98. The smallest absolute Gasteiger partial charge is 0.313 e. The van der Waals surface area contributed by atoms with Crippen LogP contribution >= 0.6 is 0 Å². The standard InChI is InChI=1S/C17H22N4O3/c1-16(2,14(18)22)12-5-11(8-21-10-19-9-20-21)6-13(7-12)17(3,4)15(23)24/h5-7,9-10H,8H2,1-4H3,(H2,18,22)(H,23,24)/i1D3,2D3,3D3,4D3. The second kappa shape index (κ2) is 6.07. The van der Waals surface area contributed by atoms with E-state index in [-0.39, 0.29) is 12.1 Å². The van der Waals surface area contributed by atoms with E-state index in [9.17, 15) is 14.7 Å². The molecule has 0 spiro atoms. The quantitative estimate of drug-likeness (QED) is 0.825. The predicted molar refractivity (Wildman–Crippen MR) is 88.4 cm³/mol. The number of carboxylic acids is 1. The van der Waals surface area contributed by atoms with Gasteiger partial charge in [-0.05, 0) is 44.1 Å². The average molecular weight is 342 g/mol. The van der Waals surface area contributed by atoms with Crippen LogP contribution in [-0.2, 0) is 27.0 Å². The van der Waals surface area contributed by atoms with Gasteiger partial charge >= 0.3 is 5.97 Å². The highest BCUT2D eigenvalue weighted by atomic mass is 16.4. The van der Waals surface area contributed by atoms with Gasteiger partial charge in [0.1, 0.15) is 12.7 Å².